The van der Waals surface area contributed by atoms with Gasteiger partial charge in [0.25, 0.3) is 0 Å². The van der Waals surface area contributed by atoms with Gasteiger partial charge in [-0.05, 0) is 12.1 Å². The quantitative estimate of drug-likeness (QED) is 0.905. The summed E-state index contributed by atoms with van der Waals surface area (Å²) in [5.41, 5.74) is 0. The standard InChI is InChI=1S/C15H18N4O3/c20-15(21)12-9-18(11-13-2-1-7-22-13)5-6-19(10-12)14-8-16-3-4-17-14/h1-4,7-8,12H,5-6,9-11H2,(H,20,21). The first-order valence-electron chi connectivity index (χ1n) is 7.21. The molecular formula is C15H18N4O3. The van der Waals surface area contributed by atoms with Gasteiger partial charge in [-0.3, -0.25) is 14.7 Å². The lowest BCUT2D eigenvalue weighted by Gasteiger charge is -2.22. The maximum absolute atomic E-state index is 11.5. The minimum absolute atomic E-state index is 0.433. The molecular weight excluding hydrogens is 284 g/mol. The van der Waals surface area contributed by atoms with Gasteiger partial charge in [0.15, 0.2) is 0 Å². The number of carbonyl (C=O) groups is 1. The highest BCUT2D eigenvalue weighted by molar-refractivity contribution is 5.71. The third-order valence-electron chi connectivity index (χ3n) is 3.79. The highest BCUT2D eigenvalue weighted by Crippen LogP contribution is 2.17. The van der Waals surface area contributed by atoms with Gasteiger partial charge in [-0.1, -0.05) is 0 Å². The Morgan fingerprint density at radius 3 is 2.95 bits per heavy atom. The molecule has 2 aromatic rings. The Labute approximate surface area is 128 Å². The number of nitrogens with zero attached hydrogens (tertiary/aromatic N) is 4. The van der Waals surface area contributed by atoms with E-state index in [0.717, 1.165) is 12.3 Å². The molecule has 1 aliphatic rings. The molecule has 0 aromatic carbocycles. The lowest BCUT2D eigenvalue weighted by atomic mass is 10.1. The van der Waals surface area contributed by atoms with E-state index in [1.54, 1.807) is 24.9 Å². The van der Waals surface area contributed by atoms with Crippen molar-refractivity contribution in [3.05, 3.63) is 42.7 Å². The first-order valence-corrected chi connectivity index (χ1v) is 7.21. The van der Waals surface area contributed by atoms with Gasteiger partial charge < -0.3 is 14.4 Å². The van der Waals surface area contributed by atoms with Crippen LogP contribution in [0.15, 0.2) is 41.4 Å². The number of rotatable bonds is 4. The molecule has 1 saturated heterocycles. The number of furan rings is 1. The second-order valence-electron chi connectivity index (χ2n) is 5.36. The van der Waals surface area contributed by atoms with E-state index in [1.807, 2.05) is 17.0 Å². The number of aromatic nitrogens is 2. The zero-order valence-corrected chi connectivity index (χ0v) is 12.1. The van der Waals surface area contributed by atoms with E-state index < -0.39 is 11.9 Å². The van der Waals surface area contributed by atoms with E-state index in [4.69, 9.17) is 4.42 Å². The third-order valence-corrected chi connectivity index (χ3v) is 3.79. The van der Waals surface area contributed by atoms with Gasteiger partial charge in [0, 0.05) is 38.6 Å². The SMILES string of the molecule is O=C(O)C1CN(Cc2ccco2)CCN(c2cnccn2)C1. The molecule has 0 amide bonds. The molecule has 1 N–H and O–H groups in total. The number of anilines is 1. The van der Waals surface area contributed by atoms with Crippen LogP contribution in [0.1, 0.15) is 5.76 Å². The van der Waals surface area contributed by atoms with Crippen LogP contribution in [0.4, 0.5) is 5.82 Å². The Morgan fingerprint density at radius 1 is 1.36 bits per heavy atom. The minimum Gasteiger partial charge on any atom is -0.481 e. The predicted octanol–water partition coefficient (Wildman–Crippen LogP) is 1.09. The zero-order valence-electron chi connectivity index (χ0n) is 12.1. The van der Waals surface area contributed by atoms with Gasteiger partial charge in [0.2, 0.25) is 0 Å². The van der Waals surface area contributed by atoms with Gasteiger partial charge in [-0.2, -0.15) is 0 Å². The molecule has 0 aliphatic carbocycles. The van der Waals surface area contributed by atoms with Gasteiger partial charge in [0.05, 0.1) is 24.9 Å². The molecule has 22 heavy (non-hydrogen) atoms. The topological polar surface area (TPSA) is 82.7 Å². The molecule has 3 rings (SSSR count). The minimum atomic E-state index is -0.791. The first-order chi connectivity index (χ1) is 10.7. The fourth-order valence-electron chi connectivity index (χ4n) is 2.67. The molecule has 0 bridgehead atoms. The van der Waals surface area contributed by atoms with E-state index in [2.05, 4.69) is 14.9 Å². The van der Waals surface area contributed by atoms with Crippen LogP contribution in [0.25, 0.3) is 0 Å². The summed E-state index contributed by atoms with van der Waals surface area (Å²) in [5.74, 6) is 0.297. The number of carboxylic acids is 1. The maximum atomic E-state index is 11.5. The Balaban J connectivity index is 1.74. The van der Waals surface area contributed by atoms with Crippen LogP contribution in [0, 0.1) is 5.92 Å². The van der Waals surface area contributed by atoms with Crippen molar-refractivity contribution in [2.75, 3.05) is 31.1 Å². The Bertz CT molecular complexity index is 603. The predicted molar refractivity (Wildman–Crippen MR) is 79.4 cm³/mol. The maximum Gasteiger partial charge on any atom is 0.309 e. The highest BCUT2D eigenvalue weighted by atomic mass is 16.4. The van der Waals surface area contributed by atoms with Crippen molar-refractivity contribution in [1.82, 2.24) is 14.9 Å². The van der Waals surface area contributed by atoms with Gasteiger partial charge in [-0.25, -0.2) is 4.98 Å². The zero-order chi connectivity index (χ0) is 15.4. The Kier molecular flexibility index (Phi) is 4.34. The van der Waals surface area contributed by atoms with E-state index in [9.17, 15) is 9.90 Å². The molecule has 116 valence electrons. The highest BCUT2D eigenvalue weighted by Gasteiger charge is 2.28. The van der Waals surface area contributed by atoms with Crippen LogP contribution < -0.4 is 4.90 Å². The smallest absolute Gasteiger partial charge is 0.309 e. The number of hydrogen-bond donors (Lipinski definition) is 1. The van der Waals surface area contributed by atoms with E-state index >= 15 is 0 Å². The fraction of sp³-hybridized carbons (Fsp3) is 0.400. The van der Waals surface area contributed by atoms with Gasteiger partial charge in [-0.15, -0.1) is 0 Å². The van der Waals surface area contributed by atoms with Crippen molar-refractivity contribution < 1.29 is 14.3 Å². The summed E-state index contributed by atoms with van der Waals surface area (Å²) in [6, 6.07) is 3.74. The second-order valence-corrected chi connectivity index (χ2v) is 5.36. The molecule has 1 fully saturated rings. The summed E-state index contributed by atoms with van der Waals surface area (Å²) in [6.07, 6.45) is 6.53. The van der Waals surface area contributed by atoms with Crippen molar-refractivity contribution in [1.29, 1.82) is 0 Å². The van der Waals surface area contributed by atoms with Crippen molar-refractivity contribution in [2.24, 2.45) is 5.92 Å². The summed E-state index contributed by atoms with van der Waals surface area (Å²) in [5, 5.41) is 9.46. The summed E-state index contributed by atoms with van der Waals surface area (Å²) in [7, 11) is 0. The van der Waals surface area contributed by atoms with E-state index in [-0.39, 0.29) is 0 Å². The Morgan fingerprint density at radius 2 is 2.27 bits per heavy atom. The summed E-state index contributed by atoms with van der Waals surface area (Å²) in [6.45, 7) is 3.00. The molecule has 0 radical (unpaired) electrons. The molecule has 0 spiro atoms. The van der Waals surface area contributed by atoms with Crippen molar-refractivity contribution in [3.63, 3.8) is 0 Å². The molecule has 7 heteroatoms. The first kappa shape index (κ1) is 14.5. The van der Waals surface area contributed by atoms with Crippen LogP contribution in [0.5, 0.6) is 0 Å². The molecule has 1 atom stereocenters. The van der Waals surface area contributed by atoms with Crippen LogP contribution in [0.3, 0.4) is 0 Å². The average molecular weight is 302 g/mol. The van der Waals surface area contributed by atoms with Crippen LogP contribution in [0.2, 0.25) is 0 Å². The van der Waals surface area contributed by atoms with Crippen LogP contribution in [-0.2, 0) is 11.3 Å². The summed E-state index contributed by atoms with van der Waals surface area (Å²) >= 11 is 0. The lowest BCUT2D eigenvalue weighted by molar-refractivity contribution is -0.141. The van der Waals surface area contributed by atoms with E-state index in [0.29, 0.717) is 32.0 Å². The number of carboxylic acid groups (broad SMARTS) is 1. The summed E-state index contributed by atoms with van der Waals surface area (Å²) in [4.78, 5) is 23.9. The third kappa shape index (κ3) is 3.43. The molecule has 1 aliphatic heterocycles. The van der Waals surface area contributed by atoms with Crippen molar-refractivity contribution in [2.45, 2.75) is 6.54 Å². The van der Waals surface area contributed by atoms with Crippen LogP contribution >= 0.6 is 0 Å². The number of aliphatic carboxylic acids is 1. The largest absolute Gasteiger partial charge is 0.481 e. The average Bonchev–Trinajstić information content (AvgIpc) is 2.93. The number of hydrogen-bond acceptors (Lipinski definition) is 6. The Hall–Kier alpha value is -2.41. The van der Waals surface area contributed by atoms with E-state index in [1.165, 1.54) is 0 Å². The second kappa shape index (κ2) is 6.57. The molecule has 1 unspecified atom stereocenters. The molecule has 2 aromatic heterocycles. The van der Waals surface area contributed by atoms with Crippen molar-refractivity contribution in [3.8, 4) is 0 Å². The molecule has 0 saturated carbocycles. The molecule has 7 nitrogen and oxygen atoms in total. The lowest BCUT2D eigenvalue weighted by Crippen LogP contribution is -2.34. The normalized spacial score (nSPS) is 19.8. The molecule has 3 heterocycles. The van der Waals surface area contributed by atoms with Crippen LogP contribution in [-0.4, -0.2) is 52.1 Å². The summed E-state index contributed by atoms with van der Waals surface area (Å²) < 4.78 is 5.36. The van der Waals surface area contributed by atoms with Crippen molar-refractivity contribution >= 4 is 11.8 Å². The van der Waals surface area contributed by atoms with Gasteiger partial charge in [0.1, 0.15) is 11.6 Å². The monoisotopic (exact) mass is 302 g/mol. The fourth-order valence-corrected chi connectivity index (χ4v) is 2.67. The van der Waals surface area contributed by atoms with Gasteiger partial charge >= 0.3 is 5.97 Å².